The monoisotopic (exact) mass is 420 g/mol. The first-order valence-electron chi connectivity index (χ1n) is 11.0. The lowest BCUT2D eigenvalue weighted by molar-refractivity contribution is 0.171. The molecule has 0 unspecified atom stereocenters. The number of fused-ring (bicyclic) bond motifs is 2. The number of rotatable bonds is 6. The molecule has 0 saturated carbocycles. The van der Waals surface area contributed by atoms with Gasteiger partial charge in [0.2, 0.25) is 0 Å². The van der Waals surface area contributed by atoms with Crippen molar-refractivity contribution >= 4 is 10.9 Å². The number of benzene rings is 1. The number of likely N-dealkylation sites (tertiary alicyclic amines) is 1. The van der Waals surface area contributed by atoms with Gasteiger partial charge in [-0.25, -0.2) is 0 Å². The zero-order valence-corrected chi connectivity index (χ0v) is 17.6. The van der Waals surface area contributed by atoms with Gasteiger partial charge in [0.25, 0.3) is 5.56 Å². The highest BCUT2D eigenvalue weighted by molar-refractivity contribution is 5.77. The summed E-state index contributed by atoms with van der Waals surface area (Å²) in [4.78, 5) is 19.0. The molecule has 0 bridgehead atoms. The zero-order chi connectivity index (χ0) is 21.0. The Morgan fingerprint density at radius 1 is 1.00 bits per heavy atom. The molecule has 0 atom stereocenters. The second-order valence-corrected chi connectivity index (χ2v) is 8.23. The Kier molecular flexibility index (Phi) is 5.86. The van der Waals surface area contributed by atoms with Crippen molar-refractivity contribution in [2.24, 2.45) is 0 Å². The van der Waals surface area contributed by atoms with Crippen molar-refractivity contribution in [2.75, 3.05) is 32.8 Å². The molecule has 5 rings (SSSR count). The smallest absolute Gasteiger partial charge is 0.251 e. The number of pyridine rings is 2. The van der Waals surface area contributed by atoms with Crippen LogP contribution in [0.5, 0.6) is 11.5 Å². The molecule has 1 saturated heterocycles. The maximum atomic E-state index is 12.4. The van der Waals surface area contributed by atoms with Crippen LogP contribution in [0.15, 0.2) is 53.6 Å². The maximum Gasteiger partial charge on any atom is 0.251 e. The fourth-order valence-electron chi connectivity index (χ4n) is 4.43. The number of aromatic nitrogens is 2. The van der Waals surface area contributed by atoms with E-state index in [1.807, 2.05) is 22.8 Å². The number of hydrogen-bond donors (Lipinski definition) is 1. The normalized spacial score (nSPS) is 17.2. The molecule has 7 heteroatoms. The molecule has 0 aliphatic carbocycles. The van der Waals surface area contributed by atoms with E-state index in [0.717, 1.165) is 61.4 Å². The van der Waals surface area contributed by atoms with E-state index in [4.69, 9.17) is 9.47 Å². The molecule has 7 nitrogen and oxygen atoms in total. The Morgan fingerprint density at radius 3 is 2.71 bits per heavy atom. The second kappa shape index (κ2) is 9.08. The van der Waals surface area contributed by atoms with Gasteiger partial charge in [0, 0.05) is 43.3 Å². The summed E-state index contributed by atoms with van der Waals surface area (Å²) >= 11 is 0. The van der Waals surface area contributed by atoms with Gasteiger partial charge in [-0.3, -0.25) is 9.78 Å². The van der Waals surface area contributed by atoms with E-state index in [-0.39, 0.29) is 5.56 Å². The molecule has 2 aromatic heterocycles. The SMILES string of the molecule is O=c1ccc2ccncc2n1CCN1CCC(NCc2ccc3c(c2)OCCO3)CC1. The summed E-state index contributed by atoms with van der Waals surface area (Å²) in [5, 5.41) is 4.74. The molecule has 0 amide bonds. The van der Waals surface area contributed by atoms with Crippen molar-refractivity contribution in [3.63, 3.8) is 0 Å². The number of nitrogens with zero attached hydrogens (tertiary/aromatic N) is 3. The summed E-state index contributed by atoms with van der Waals surface area (Å²) in [6, 6.07) is 12.2. The first kappa shape index (κ1) is 20.0. The van der Waals surface area contributed by atoms with Crippen molar-refractivity contribution in [2.45, 2.75) is 32.0 Å². The number of piperidine rings is 1. The third kappa shape index (κ3) is 4.57. The van der Waals surface area contributed by atoms with E-state index in [1.54, 1.807) is 18.5 Å². The molecule has 4 heterocycles. The van der Waals surface area contributed by atoms with Gasteiger partial charge >= 0.3 is 0 Å². The summed E-state index contributed by atoms with van der Waals surface area (Å²) in [5.41, 5.74) is 2.16. The first-order chi connectivity index (χ1) is 15.3. The van der Waals surface area contributed by atoms with E-state index in [1.165, 1.54) is 5.56 Å². The van der Waals surface area contributed by atoms with Gasteiger partial charge in [-0.05, 0) is 55.8 Å². The van der Waals surface area contributed by atoms with Crippen molar-refractivity contribution in [1.82, 2.24) is 19.8 Å². The summed E-state index contributed by atoms with van der Waals surface area (Å²) in [7, 11) is 0. The van der Waals surface area contributed by atoms with Gasteiger partial charge in [-0.15, -0.1) is 0 Å². The molecular formula is C24H28N4O3. The van der Waals surface area contributed by atoms with Crippen LogP contribution < -0.4 is 20.3 Å². The predicted octanol–water partition coefficient (Wildman–Crippen LogP) is 2.42. The first-order valence-corrected chi connectivity index (χ1v) is 11.0. The van der Waals surface area contributed by atoms with Crippen molar-refractivity contribution in [1.29, 1.82) is 0 Å². The van der Waals surface area contributed by atoms with Crippen LogP contribution in [0.25, 0.3) is 10.9 Å². The quantitative estimate of drug-likeness (QED) is 0.661. The largest absolute Gasteiger partial charge is 0.486 e. The average Bonchev–Trinajstić information content (AvgIpc) is 2.82. The fraction of sp³-hybridized carbons (Fsp3) is 0.417. The molecule has 31 heavy (non-hydrogen) atoms. The highest BCUT2D eigenvalue weighted by Crippen LogP contribution is 2.30. The summed E-state index contributed by atoms with van der Waals surface area (Å²) in [6.45, 7) is 5.71. The van der Waals surface area contributed by atoms with Crippen LogP contribution in [-0.4, -0.2) is 53.3 Å². The lowest BCUT2D eigenvalue weighted by Gasteiger charge is -2.32. The van der Waals surface area contributed by atoms with E-state index in [2.05, 4.69) is 27.3 Å². The number of hydrogen-bond acceptors (Lipinski definition) is 6. The standard InChI is InChI=1S/C24H28N4O3/c29-24-4-2-19-5-8-25-17-21(19)28(24)12-11-27-9-6-20(7-10-27)26-16-18-1-3-22-23(15-18)31-14-13-30-22/h1-5,8,15,17,20,26H,6-7,9-14,16H2. The Balaban J connectivity index is 1.11. The van der Waals surface area contributed by atoms with E-state index in [9.17, 15) is 4.79 Å². The third-order valence-corrected chi connectivity index (χ3v) is 6.22. The zero-order valence-electron chi connectivity index (χ0n) is 17.6. The fourth-order valence-corrected chi connectivity index (χ4v) is 4.43. The summed E-state index contributed by atoms with van der Waals surface area (Å²) < 4.78 is 13.1. The molecule has 1 N–H and O–H groups in total. The Hall–Kier alpha value is -2.90. The molecule has 0 radical (unpaired) electrons. The van der Waals surface area contributed by atoms with Gasteiger partial charge in [-0.1, -0.05) is 6.07 Å². The third-order valence-electron chi connectivity index (χ3n) is 6.22. The minimum atomic E-state index is 0.0384. The molecule has 0 spiro atoms. The van der Waals surface area contributed by atoms with Gasteiger partial charge in [0.1, 0.15) is 13.2 Å². The van der Waals surface area contributed by atoms with E-state index >= 15 is 0 Å². The Bertz CT molecular complexity index is 1110. The predicted molar refractivity (Wildman–Crippen MR) is 120 cm³/mol. The molecule has 3 aromatic rings. The van der Waals surface area contributed by atoms with Gasteiger partial charge < -0.3 is 24.3 Å². The van der Waals surface area contributed by atoms with Crippen molar-refractivity contribution in [3.05, 3.63) is 64.7 Å². The van der Waals surface area contributed by atoms with Crippen molar-refractivity contribution < 1.29 is 9.47 Å². The van der Waals surface area contributed by atoms with Crippen molar-refractivity contribution in [3.8, 4) is 11.5 Å². The molecule has 1 aromatic carbocycles. The topological polar surface area (TPSA) is 68.6 Å². The van der Waals surface area contributed by atoms with Crippen LogP contribution in [-0.2, 0) is 13.1 Å². The van der Waals surface area contributed by atoms with E-state index in [0.29, 0.717) is 25.8 Å². The minimum absolute atomic E-state index is 0.0384. The summed E-state index contributed by atoms with van der Waals surface area (Å²) in [5.74, 6) is 1.68. The second-order valence-electron chi connectivity index (χ2n) is 8.23. The van der Waals surface area contributed by atoms with Crippen LogP contribution in [0.4, 0.5) is 0 Å². The van der Waals surface area contributed by atoms with Gasteiger partial charge in [0.05, 0.1) is 11.7 Å². The maximum absolute atomic E-state index is 12.4. The number of ether oxygens (including phenoxy) is 2. The average molecular weight is 421 g/mol. The van der Waals surface area contributed by atoms with E-state index < -0.39 is 0 Å². The molecule has 2 aliphatic rings. The molecule has 2 aliphatic heterocycles. The van der Waals surface area contributed by atoms with Crippen LogP contribution >= 0.6 is 0 Å². The minimum Gasteiger partial charge on any atom is -0.486 e. The molecular weight excluding hydrogens is 392 g/mol. The number of nitrogens with one attached hydrogen (secondary N) is 1. The molecule has 1 fully saturated rings. The van der Waals surface area contributed by atoms with Crippen LogP contribution in [0.3, 0.4) is 0 Å². The highest BCUT2D eigenvalue weighted by Gasteiger charge is 2.19. The lowest BCUT2D eigenvalue weighted by Crippen LogP contribution is -2.43. The van der Waals surface area contributed by atoms with Crippen LogP contribution in [0, 0.1) is 0 Å². The van der Waals surface area contributed by atoms with Crippen LogP contribution in [0.1, 0.15) is 18.4 Å². The highest BCUT2D eigenvalue weighted by atomic mass is 16.6. The van der Waals surface area contributed by atoms with Gasteiger partial charge in [0.15, 0.2) is 11.5 Å². The van der Waals surface area contributed by atoms with Crippen LogP contribution in [0.2, 0.25) is 0 Å². The van der Waals surface area contributed by atoms with Gasteiger partial charge in [-0.2, -0.15) is 0 Å². The summed E-state index contributed by atoms with van der Waals surface area (Å²) in [6.07, 6.45) is 5.76. The molecule has 162 valence electrons. The Labute approximate surface area is 181 Å². The lowest BCUT2D eigenvalue weighted by atomic mass is 10.0. The Morgan fingerprint density at radius 2 is 1.84 bits per heavy atom.